The van der Waals surface area contributed by atoms with Gasteiger partial charge in [0.05, 0.1) is 0 Å². The van der Waals surface area contributed by atoms with Crippen LogP contribution < -0.4 is 5.32 Å². The molecule has 1 unspecified atom stereocenters. The van der Waals surface area contributed by atoms with Crippen LogP contribution in [0.25, 0.3) is 0 Å². The van der Waals surface area contributed by atoms with Gasteiger partial charge in [0, 0.05) is 32.2 Å². The molecule has 2 heterocycles. The fraction of sp³-hybridized carbons (Fsp3) is 0.625. The Labute approximate surface area is 110 Å². The lowest BCUT2D eigenvalue weighted by Gasteiger charge is -2.38. The van der Waals surface area contributed by atoms with Crippen molar-refractivity contribution in [3.8, 4) is 0 Å². The number of hydrogen-bond acceptors (Lipinski definition) is 2. The molecule has 1 aromatic rings. The second-order valence-corrected chi connectivity index (χ2v) is 6.02. The van der Waals surface area contributed by atoms with Crippen molar-refractivity contribution in [3.63, 3.8) is 0 Å². The minimum Gasteiger partial charge on any atom is -0.381 e. The zero-order valence-corrected chi connectivity index (χ0v) is 11.5. The van der Waals surface area contributed by atoms with E-state index in [1.807, 2.05) is 0 Å². The molecule has 2 heteroatoms. The summed E-state index contributed by atoms with van der Waals surface area (Å²) in [5.74, 6) is 0.669. The van der Waals surface area contributed by atoms with Crippen LogP contribution in [0.5, 0.6) is 0 Å². The van der Waals surface area contributed by atoms with E-state index in [2.05, 4.69) is 37.4 Å². The van der Waals surface area contributed by atoms with E-state index in [0.29, 0.717) is 11.3 Å². The molecule has 1 atom stereocenters. The van der Waals surface area contributed by atoms with Crippen LogP contribution in [0.15, 0.2) is 18.2 Å². The number of rotatable bonds is 1. The maximum Gasteiger partial charge on any atom is 0.0472 e. The van der Waals surface area contributed by atoms with E-state index >= 15 is 0 Å². The Morgan fingerprint density at radius 1 is 1.22 bits per heavy atom. The maximum atomic E-state index is 5.56. The van der Waals surface area contributed by atoms with Gasteiger partial charge in [-0.15, -0.1) is 0 Å². The molecule has 18 heavy (non-hydrogen) atoms. The first-order valence-corrected chi connectivity index (χ1v) is 7.07. The van der Waals surface area contributed by atoms with Crippen LogP contribution >= 0.6 is 0 Å². The maximum absolute atomic E-state index is 5.56. The molecule has 2 nitrogen and oxygen atoms in total. The zero-order valence-electron chi connectivity index (χ0n) is 11.5. The molecule has 0 radical (unpaired) electrons. The number of nitrogens with one attached hydrogen (secondary N) is 1. The fourth-order valence-corrected chi connectivity index (χ4v) is 3.76. The molecule has 2 aliphatic heterocycles. The molecule has 98 valence electrons. The summed E-state index contributed by atoms with van der Waals surface area (Å²) in [4.78, 5) is 0. The normalized spacial score (nSPS) is 26.7. The van der Waals surface area contributed by atoms with Crippen molar-refractivity contribution in [2.75, 3.05) is 26.3 Å². The quantitative estimate of drug-likeness (QED) is 0.821. The van der Waals surface area contributed by atoms with E-state index in [1.165, 1.54) is 24.0 Å². The number of ether oxygens (including phenoxy) is 1. The minimum absolute atomic E-state index is 0.443. The molecular formula is C16H23NO. The monoisotopic (exact) mass is 245 g/mol. The average Bonchev–Trinajstić information content (AvgIpc) is 2.74. The molecule has 0 saturated carbocycles. The molecule has 1 spiro atoms. The second kappa shape index (κ2) is 4.67. The number of hydrogen-bond donors (Lipinski definition) is 1. The van der Waals surface area contributed by atoms with Crippen molar-refractivity contribution >= 4 is 0 Å². The summed E-state index contributed by atoms with van der Waals surface area (Å²) in [6, 6.07) is 6.92. The van der Waals surface area contributed by atoms with Crippen molar-refractivity contribution in [1.29, 1.82) is 0 Å². The van der Waals surface area contributed by atoms with Gasteiger partial charge in [0.2, 0.25) is 0 Å². The van der Waals surface area contributed by atoms with Gasteiger partial charge < -0.3 is 10.1 Å². The SMILES string of the molecule is Cc1ccc(C2CNCC23CCOCC3)c(C)c1. The summed E-state index contributed by atoms with van der Waals surface area (Å²) in [6.07, 6.45) is 2.41. The van der Waals surface area contributed by atoms with Crippen LogP contribution in [0.2, 0.25) is 0 Å². The molecule has 0 aromatic heterocycles. The highest BCUT2D eigenvalue weighted by atomic mass is 16.5. The topological polar surface area (TPSA) is 21.3 Å². The van der Waals surface area contributed by atoms with Crippen molar-refractivity contribution in [2.24, 2.45) is 5.41 Å². The lowest BCUT2D eigenvalue weighted by molar-refractivity contribution is 0.0164. The highest BCUT2D eigenvalue weighted by Crippen LogP contribution is 2.47. The van der Waals surface area contributed by atoms with E-state index in [1.54, 1.807) is 5.56 Å². The minimum atomic E-state index is 0.443. The van der Waals surface area contributed by atoms with Crippen LogP contribution in [0.1, 0.15) is 35.4 Å². The number of aryl methyl sites for hydroxylation is 2. The lowest BCUT2D eigenvalue weighted by Crippen LogP contribution is -2.35. The van der Waals surface area contributed by atoms with Crippen molar-refractivity contribution < 1.29 is 4.74 Å². The van der Waals surface area contributed by atoms with Gasteiger partial charge in [-0.1, -0.05) is 23.8 Å². The Morgan fingerprint density at radius 3 is 2.72 bits per heavy atom. The average molecular weight is 245 g/mol. The second-order valence-electron chi connectivity index (χ2n) is 6.02. The van der Waals surface area contributed by atoms with Gasteiger partial charge in [0.15, 0.2) is 0 Å². The van der Waals surface area contributed by atoms with E-state index in [4.69, 9.17) is 4.74 Å². The third-order valence-corrected chi connectivity index (χ3v) is 4.85. The molecule has 3 rings (SSSR count). The van der Waals surface area contributed by atoms with Gasteiger partial charge in [-0.05, 0) is 43.2 Å². The third kappa shape index (κ3) is 1.98. The molecule has 1 aromatic carbocycles. The van der Waals surface area contributed by atoms with Gasteiger partial charge in [-0.2, -0.15) is 0 Å². The van der Waals surface area contributed by atoms with Gasteiger partial charge >= 0.3 is 0 Å². The van der Waals surface area contributed by atoms with Crippen LogP contribution in [0, 0.1) is 19.3 Å². The fourth-order valence-electron chi connectivity index (χ4n) is 3.76. The Hall–Kier alpha value is -0.860. The summed E-state index contributed by atoms with van der Waals surface area (Å²) in [6.45, 7) is 8.59. The Morgan fingerprint density at radius 2 is 2.00 bits per heavy atom. The zero-order chi connectivity index (χ0) is 12.6. The Balaban J connectivity index is 1.94. The van der Waals surface area contributed by atoms with Crippen molar-refractivity contribution in [3.05, 3.63) is 34.9 Å². The highest BCUT2D eigenvalue weighted by molar-refractivity contribution is 5.35. The predicted octanol–water partition coefficient (Wildman–Crippen LogP) is 2.79. The first kappa shape index (κ1) is 12.2. The summed E-state index contributed by atoms with van der Waals surface area (Å²) < 4.78 is 5.56. The number of benzene rings is 1. The van der Waals surface area contributed by atoms with E-state index in [-0.39, 0.29) is 0 Å². The molecule has 0 aliphatic carbocycles. The molecule has 0 bridgehead atoms. The van der Waals surface area contributed by atoms with Gasteiger partial charge in [-0.3, -0.25) is 0 Å². The standard InChI is InChI=1S/C16H23NO/c1-12-3-4-14(13(2)9-12)15-10-17-11-16(15)5-7-18-8-6-16/h3-4,9,15,17H,5-8,10-11H2,1-2H3. The van der Waals surface area contributed by atoms with Crippen molar-refractivity contribution in [2.45, 2.75) is 32.6 Å². The van der Waals surface area contributed by atoms with Crippen LogP contribution in [-0.4, -0.2) is 26.3 Å². The largest absolute Gasteiger partial charge is 0.381 e. The lowest BCUT2D eigenvalue weighted by atomic mass is 9.68. The molecule has 0 amide bonds. The summed E-state index contributed by atoms with van der Waals surface area (Å²) in [5, 5.41) is 3.62. The Bertz CT molecular complexity index is 435. The van der Waals surface area contributed by atoms with E-state index in [0.717, 1.165) is 26.3 Å². The summed E-state index contributed by atoms with van der Waals surface area (Å²) >= 11 is 0. The van der Waals surface area contributed by atoms with Crippen LogP contribution in [-0.2, 0) is 4.74 Å². The Kier molecular flexibility index (Phi) is 3.16. The van der Waals surface area contributed by atoms with Gasteiger partial charge in [-0.25, -0.2) is 0 Å². The van der Waals surface area contributed by atoms with Gasteiger partial charge in [0.1, 0.15) is 0 Å². The molecule has 2 aliphatic rings. The van der Waals surface area contributed by atoms with Crippen molar-refractivity contribution in [1.82, 2.24) is 5.32 Å². The van der Waals surface area contributed by atoms with Crippen LogP contribution in [0.3, 0.4) is 0 Å². The first-order chi connectivity index (χ1) is 8.71. The van der Waals surface area contributed by atoms with E-state index < -0.39 is 0 Å². The first-order valence-electron chi connectivity index (χ1n) is 7.07. The third-order valence-electron chi connectivity index (χ3n) is 4.85. The van der Waals surface area contributed by atoms with Gasteiger partial charge in [0.25, 0.3) is 0 Å². The highest BCUT2D eigenvalue weighted by Gasteiger charge is 2.44. The molecule has 2 saturated heterocycles. The summed E-state index contributed by atoms with van der Waals surface area (Å²) in [5.41, 5.74) is 4.81. The van der Waals surface area contributed by atoms with E-state index in [9.17, 15) is 0 Å². The molecule has 1 N–H and O–H groups in total. The molecule has 2 fully saturated rings. The summed E-state index contributed by atoms with van der Waals surface area (Å²) in [7, 11) is 0. The van der Waals surface area contributed by atoms with Crippen LogP contribution in [0.4, 0.5) is 0 Å². The smallest absolute Gasteiger partial charge is 0.0472 e. The predicted molar refractivity (Wildman–Crippen MR) is 74.0 cm³/mol. The molecular weight excluding hydrogens is 222 g/mol.